The molecule has 0 aliphatic carbocycles. The van der Waals surface area contributed by atoms with E-state index in [0.29, 0.717) is 5.82 Å². The van der Waals surface area contributed by atoms with Crippen molar-refractivity contribution in [2.45, 2.75) is 6.92 Å². The van der Waals surface area contributed by atoms with Gasteiger partial charge in [0.15, 0.2) is 12.4 Å². The Morgan fingerprint density at radius 2 is 2.28 bits per heavy atom. The van der Waals surface area contributed by atoms with Gasteiger partial charge in [0, 0.05) is 12.6 Å². The molecule has 1 heterocycles. The van der Waals surface area contributed by atoms with Crippen molar-refractivity contribution in [2.24, 2.45) is 7.05 Å². The molecule has 0 aliphatic rings. The van der Waals surface area contributed by atoms with Gasteiger partial charge < -0.3 is 9.84 Å². The highest BCUT2D eigenvalue weighted by atomic mass is 16.5. The van der Waals surface area contributed by atoms with Gasteiger partial charge in [-0.15, -0.1) is 5.10 Å². The van der Waals surface area contributed by atoms with Gasteiger partial charge in [0.25, 0.3) is 0 Å². The standard InChI is InChI=1S/C12H13N3O3/c1-8-4-3-5-9(6-8)11-13-12(14-15(11)2)18-7-10(16)17/h3-6H,7H2,1-2H3,(H,16,17). The second-order valence-corrected chi connectivity index (χ2v) is 3.89. The third kappa shape index (κ3) is 2.65. The van der Waals surface area contributed by atoms with Crippen molar-refractivity contribution < 1.29 is 14.6 Å². The van der Waals surface area contributed by atoms with Crippen LogP contribution in [0, 0.1) is 6.92 Å². The van der Waals surface area contributed by atoms with Crippen LogP contribution in [0.25, 0.3) is 11.4 Å². The lowest BCUT2D eigenvalue weighted by Crippen LogP contribution is -2.10. The summed E-state index contributed by atoms with van der Waals surface area (Å²) >= 11 is 0. The molecule has 0 bridgehead atoms. The molecule has 0 spiro atoms. The third-order valence-electron chi connectivity index (χ3n) is 2.34. The lowest BCUT2D eigenvalue weighted by atomic mass is 10.1. The number of ether oxygens (including phenoxy) is 1. The second kappa shape index (κ2) is 4.87. The van der Waals surface area contributed by atoms with Gasteiger partial charge in [0.05, 0.1) is 0 Å². The number of rotatable bonds is 4. The maximum atomic E-state index is 10.4. The summed E-state index contributed by atoms with van der Waals surface area (Å²) in [6.07, 6.45) is 0. The highest BCUT2D eigenvalue weighted by Crippen LogP contribution is 2.19. The van der Waals surface area contributed by atoms with Crippen LogP contribution in [-0.2, 0) is 11.8 Å². The number of carbonyl (C=O) groups is 1. The van der Waals surface area contributed by atoms with E-state index in [2.05, 4.69) is 10.1 Å². The number of aliphatic carboxylic acids is 1. The van der Waals surface area contributed by atoms with Crippen LogP contribution < -0.4 is 4.74 Å². The molecule has 1 aromatic heterocycles. The zero-order valence-corrected chi connectivity index (χ0v) is 10.1. The third-order valence-corrected chi connectivity index (χ3v) is 2.34. The molecule has 1 N–H and O–H groups in total. The zero-order valence-electron chi connectivity index (χ0n) is 10.1. The fourth-order valence-corrected chi connectivity index (χ4v) is 1.58. The van der Waals surface area contributed by atoms with Gasteiger partial charge in [0.1, 0.15) is 0 Å². The van der Waals surface area contributed by atoms with Gasteiger partial charge in [-0.25, -0.2) is 9.48 Å². The van der Waals surface area contributed by atoms with Crippen LogP contribution in [0.4, 0.5) is 0 Å². The summed E-state index contributed by atoms with van der Waals surface area (Å²) in [6.45, 7) is 1.54. The number of hydrogen-bond donors (Lipinski definition) is 1. The van der Waals surface area contributed by atoms with Gasteiger partial charge in [-0.1, -0.05) is 23.8 Å². The Labute approximate surface area is 104 Å². The number of hydrogen-bond acceptors (Lipinski definition) is 4. The molecule has 0 unspecified atom stereocenters. The van der Waals surface area contributed by atoms with E-state index in [1.165, 1.54) is 0 Å². The van der Waals surface area contributed by atoms with E-state index in [-0.39, 0.29) is 6.01 Å². The van der Waals surface area contributed by atoms with E-state index in [1.54, 1.807) is 11.7 Å². The van der Waals surface area contributed by atoms with E-state index in [4.69, 9.17) is 9.84 Å². The minimum atomic E-state index is -1.06. The molecule has 2 rings (SSSR count). The molecule has 0 fully saturated rings. The van der Waals surface area contributed by atoms with Crippen molar-refractivity contribution in [2.75, 3.05) is 6.61 Å². The summed E-state index contributed by atoms with van der Waals surface area (Å²) < 4.78 is 6.50. The molecule has 1 aromatic carbocycles. The number of nitrogens with zero attached hydrogens (tertiary/aromatic N) is 3. The summed E-state index contributed by atoms with van der Waals surface area (Å²) in [5.74, 6) is -0.418. The monoisotopic (exact) mass is 247 g/mol. The molecule has 6 nitrogen and oxygen atoms in total. The minimum absolute atomic E-state index is 0.0661. The van der Waals surface area contributed by atoms with E-state index >= 15 is 0 Å². The Hall–Kier alpha value is -2.37. The van der Waals surface area contributed by atoms with Crippen molar-refractivity contribution in [3.63, 3.8) is 0 Å². The van der Waals surface area contributed by atoms with Crippen LogP contribution in [0.3, 0.4) is 0 Å². The Bertz CT molecular complexity index is 578. The highest BCUT2D eigenvalue weighted by Gasteiger charge is 2.11. The smallest absolute Gasteiger partial charge is 0.341 e. The summed E-state index contributed by atoms with van der Waals surface area (Å²) in [4.78, 5) is 14.6. The predicted octanol–water partition coefficient (Wildman–Crippen LogP) is 1.25. The fraction of sp³-hybridized carbons (Fsp3) is 0.250. The average molecular weight is 247 g/mol. The molecule has 0 saturated carbocycles. The zero-order chi connectivity index (χ0) is 13.1. The molecule has 18 heavy (non-hydrogen) atoms. The lowest BCUT2D eigenvalue weighted by molar-refractivity contribution is -0.139. The van der Waals surface area contributed by atoms with Crippen LogP contribution in [0.1, 0.15) is 5.56 Å². The van der Waals surface area contributed by atoms with Gasteiger partial charge in [-0.05, 0) is 13.0 Å². The van der Waals surface area contributed by atoms with Crippen molar-refractivity contribution in [1.29, 1.82) is 0 Å². The Morgan fingerprint density at radius 3 is 2.94 bits per heavy atom. The molecule has 0 radical (unpaired) electrons. The van der Waals surface area contributed by atoms with Crippen molar-refractivity contribution in [3.8, 4) is 17.4 Å². The summed E-state index contributed by atoms with van der Waals surface area (Å²) in [5, 5.41) is 12.5. The van der Waals surface area contributed by atoms with Gasteiger partial charge in [0.2, 0.25) is 0 Å². The molecule has 6 heteroatoms. The van der Waals surface area contributed by atoms with Crippen molar-refractivity contribution >= 4 is 5.97 Å². The molecule has 94 valence electrons. The number of benzene rings is 1. The average Bonchev–Trinajstić information content (AvgIpc) is 2.68. The van der Waals surface area contributed by atoms with Crippen LogP contribution in [-0.4, -0.2) is 32.4 Å². The largest absolute Gasteiger partial charge is 0.479 e. The van der Waals surface area contributed by atoms with E-state index in [9.17, 15) is 4.79 Å². The Kier molecular flexibility index (Phi) is 3.27. The molecule has 0 aliphatic heterocycles. The molecular formula is C12H13N3O3. The topological polar surface area (TPSA) is 77.2 Å². The molecule has 0 amide bonds. The summed E-state index contributed by atoms with van der Waals surface area (Å²) in [5.41, 5.74) is 2.03. The number of carboxylic acids is 1. The normalized spacial score (nSPS) is 10.3. The van der Waals surface area contributed by atoms with E-state index in [0.717, 1.165) is 11.1 Å². The summed E-state index contributed by atoms with van der Waals surface area (Å²) in [6, 6.07) is 7.87. The van der Waals surface area contributed by atoms with E-state index in [1.807, 2.05) is 31.2 Å². The van der Waals surface area contributed by atoms with Crippen LogP contribution >= 0.6 is 0 Å². The SMILES string of the molecule is Cc1cccc(-c2nc(OCC(=O)O)nn2C)c1. The lowest BCUT2D eigenvalue weighted by Gasteiger charge is -2.00. The number of aromatic nitrogens is 3. The Balaban J connectivity index is 2.26. The molecule has 0 atom stereocenters. The first-order chi connectivity index (χ1) is 8.56. The molecular weight excluding hydrogens is 234 g/mol. The Morgan fingerprint density at radius 1 is 1.50 bits per heavy atom. The maximum Gasteiger partial charge on any atom is 0.341 e. The predicted molar refractivity (Wildman–Crippen MR) is 64.3 cm³/mol. The quantitative estimate of drug-likeness (QED) is 0.879. The van der Waals surface area contributed by atoms with Crippen LogP contribution in [0.5, 0.6) is 6.01 Å². The number of carboxylic acid groups (broad SMARTS) is 1. The van der Waals surface area contributed by atoms with Gasteiger partial charge in [-0.2, -0.15) is 4.98 Å². The first-order valence-electron chi connectivity index (χ1n) is 5.39. The molecule has 0 saturated heterocycles. The van der Waals surface area contributed by atoms with E-state index < -0.39 is 12.6 Å². The molecule has 2 aromatic rings. The van der Waals surface area contributed by atoms with Gasteiger partial charge in [-0.3, -0.25) is 0 Å². The first kappa shape index (κ1) is 12.1. The van der Waals surface area contributed by atoms with Gasteiger partial charge >= 0.3 is 12.0 Å². The maximum absolute atomic E-state index is 10.4. The highest BCUT2D eigenvalue weighted by molar-refractivity contribution is 5.68. The first-order valence-corrected chi connectivity index (χ1v) is 5.39. The van der Waals surface area contributed by atoms with Crippen LogP contribution in [0.15, 0.2) is 24.3 Å². The van der Waals surface area contributed by atoms with Crippen LogP contribution in [0.2, 0.25) is 0 Å². The number of aryl methyl sites for hydroxylation is 2. The van der Waals surface area contributed by atoms with Crippen molar-refractivity contribution in [1.82, 2.24) is 14.8 Å². The summed E-state index contributed by atoms with van der Waals surface area (Å²) in [7, 11) is 1.73. The van der Waals surface area contributed by atoms with Crippen molar-refractivity contribution in [3.05, 3.63) is 29.8 Å². The fourth-order valence-electron chi connectivity index (χ4n) is 1.58. The second-order valence-electron chi connectivity index (χ2n) is 3.89. The minimum Gasteiger partial charge on any atom is -0.479 e.